The maximum Gasteiger partial charge on any atom is 0.233 e. The number of benzene rings is 1. The fourth-order valence-corrected chi connectivity index (χ4v) is 2.59. The third kappa shape index (κ3) is 3.09. The highest BCUT2D eigenvalue weighted by molar-refractivity contribution is 8.14. The van der Waals surface area contributed by atoms with Crippen molar-refractivity contribution in [3.63, 3.8) is 0 Å². The molecule has 1 aliphatic heterocycles. The van der Waals surface area contributed by atoms with Gasteiger partial charge in [-0.25, -0.2) is 0 Å². The first-order valence-electron chi connectivity index (χ1n) is 5.84. The molecule has 1 atom stereocenters. The summed E-state index contributed by atoms with van der Waals surface area (Å²) in [5.41, 5.74) is 1.07. The molecule has 0 fully saturated rings. The molecule has 1 aromatic carbocycles. The Balaban J connectivity index is 2.05. The number of hydrogen-bond donors (Lipinski definition) is 1. The van der Waals surface area contributed by atoms with E-state index in [1.165, 1.54) is 0 Å². The Bertz CT molecular complexity index is 417. The van der Waals surface area contributed by atoms with E-state index in [0.717, 1.165) is 29.4 Å². The molecule has 0 saturated heterocycles. The number of carbonyl (C=O) groups is 1. The summed E-state index contributed by atoms with van der Waals surface area (Å²) in [4.78, 5) is 16.4. The molecule has 0 bridgehead atoms. The van der Waals surface area contributed by atoms with Gasteiger partial charge in [0.1, 0.15) is 0 Å². The third-order valence-electron chi connectivity index (χ3n) is 2.74. The van der Waals surface area contributed by atoms with E-state index in [4.69, 9.17) is 0 Å². The van der Waals surface area contributed by atoms with Gasteiger partial charge in [0.05, 0.1) is 12.5 Å². The highest BCUT2D eigenvalue weighted by atomic mass is 32.2. The van der Waals surface area contributed by atoms with E-state index in [-0.39, 0.29) is 11.8 Å². The molecule has 0 unspecified atom stereocenters. The number of nitrogens with zero attached hydrogens (tertiary/aromatic N) is 1. The van der Waals surface area contributed by atoms with Crippen LogP contribution in [0.1, 0.15) is 24.8 Å². The third-order valence-corrected chi connectivity index (χ3v) is 3.63. The average Bonchev–Trinajstić information content (AvgIpc) is 2.84. The Hall–Kier alpha value is -1.29. The van der Waals surface area contributed by atoms with Crippen molar-refractivity contribution in [2.24, 2.45) is 4.99 Å². The Morgan fingerprint density at radius 2 is 2.24 bits per heavy atom. The monoisotopic (exact) mass is 248 g/mol. The molecule has 0 aliphatic carbocycles. The maximum atomic E-state index is 12.1. The van der Waals surface area contributed by atoms with Crippen molar-refractivity contribution in [3.8, 4) is 0 Å². The van der Waals surface area contributed by atoms with Gasteiger partial charge in [0, 0.05) is 5.75 Å². The van der Waals surface area contributed by atoms with Gasteiger partial charge in [0.2, 0.25) is 5.91 Å². The molecule has 0 radical (unpaired) electrons. The van der Waals surface area contributed by atoms with Gasteiger partial charge in [-0.05, 0) is 12.0 Å². The van der Waals surface area contributed by atoms with Crippen LogP contribution in [0.4, 0.5) is 0 Å². The number of rotatable bonds is 3. The van der Waals surface area contributed by atoms with Crippen molar-refractivity contribution >= 4 is 22.8 Å². The van der Waals surface area contributed by atoms with Crippen LogP contribution in [0.2, 0.25) is 0 Å². The van der Waals surface area contributed by atoms with Crippen molar-refractivity contribution in [1.82, 2.24) is 5.32 Å². The lowest BCUT2D eigenvalue weighted by Gasteiger charge is -2.14. The fourth-order valence-electron chi connectivity index (χ4n) is 1.86. The Labute approximate surface area is 106 Å². The number of amidine groups is 1. The molecule has 1 aliphatic rings. The normalized spacial score (nSPS) is 16.4. The standard InChI is InChI=1S/C13H16N2OS/c1-2-11(10-6-4-3-5-7-10)12(16)15-13-14-8-9-17-13/h3-7,11H,2,8-9H2,1H3,(H,14,15,16)/t11-/m1/s1. The first-order valence-corrected chi connectivity index (χ1v) is 6.83. The summed E-state index contributed by atoms with van der Waals surface area (Å²) in [5.74, 6) is 0.935. The molecule has 3 nitrogen and oxygen atoms in total. The average molecular weight is 248 g/mol. The van der Waals surface area contributed by atoms with Crippen LogP contribution in [-0.2, 0) is 4.79 Å². The molecule has 1 heterocycles. The molecule has 1 amide bonds. The summed E-state index contributed by atoms with van der Waals surface area (Å²) in [6.45, 7) is 2.84. The minimum absolute atomic E-state index is 0.0480. The Morgan fingerprint density at radius 1 is 1.47 bits per heavy atom. The number of amides is 1. The minimum Gasteiger partial charge on any atom is -0.305 e. The Morgan fingerprint density at radius 3 is 2.82 bits per heavy atom. The largest absolute Gasteiger partial charge is 0.305 e. The lowest BCUT2D eigenvalue weighted by Crippen LogP contribution is -2.32. The van der Waals surface area contributed by atoms with Crippen LogP contribution in [0.5, 0.6) is 0 Å². The smallest absolute Gasteiger partial charge is 0.233 e. The van der Waals surface area contributed by atoms with Crippen LogP contribution in [0.15, 0.2) is 35.3 Å². The van der Waals surface area contributed by atoms with Crippen molar-refractivity contribution in [2.45, 2.75) is 19.3 Å². The van der Waals surface area contributed by atoms with E-state index in [1.807, 2.05) is 37.3 Å². The summed E-state index contributed by atoms with van der Waals surface area (Å²) in [7, 11) is 0. The molecular formula is C13H16N2OS. The molecule has 90 valence electrons. The van der Waals surface area contributed by atoms with E-state index < -0.39 is 0 Å². The number of nitrogens with one attached hydrogen (secondary N) is 1. The van der Waals surface area contributed by atoms with Gasteiger partial charge in [0.25, 0.3) is 0 Å². The SMILES string of the molecule is CC[C@@H](C(=O)NC1=NCCS1)c1ccccc1. The molecule has 0 saturated carbocycles. The van der Waals surface area contributed by atoms with Gasteiger partial charge in [-0.2, -0.15) is 0 Å². The van der Waals surface area contributed by atoms with Gasteiger partial charge in [0.15, 0.2) is 5.17 Å². The molecule has 2 rings (SSSR count). The molecule has 0 aromatic heterocycles. The number of carbonyl (C=O) groups excluding carboxylic acids is 1. The molecule has 1 N–H and O–H groups in total. The number of hydrogen-bond acceptors (Lipinski definition) is 3. The molecule has 1 aromatic rings. The second-order valence-electron chi connectivity index (χ2n) is 3.90. The van der Waals surface area contributed by atoms with E-state index >= 15 is 0 Å². The first kappa shape index (κ1) is 12.2. The summed E-state index contributed by atoms with van der Waals surface area (Å²) < 4.78 is 0. The second kappa shape index (κ2) is 5.87. The highest BCUT2D eigenvalue weighted by Gasteiger charge is 2.20. The highest BCUT2D eigenvalue weighted by Crippen LogP contribution is 2.20. The predicted molar refractivity (Wildman–Crippen MR) is 72.4 cm³/mol. The Kier molecular flexibility index (Phi) is 4.20. The van der Waals surface area contributed by atoms with E-state index in [2.05, 4.69) is 10.3 Å². The zero-order valence-electron chi connectivity index (χ0n) is 9.85. The molecule has 4 heteroatoms. The fraction of sp³-hybridized carbons (Fsp3) is 0.385. The van der Waals surface area contributed by atoms with Gasteiger partial charge in [-0.3, -0.25) is 9.79 Å². The summed E-state index contributed by atoms with van der Waals surface area (Å²) >= 11 is 1.61. The minimum atomic E-state index is -0.0832. The zero-order chi connectivity index (χ0) is 12.1. The van der Waals surface area contributed by atoms with Crippen LogP contribution in [0, 0.1) is 0 Å². The summed E-state index contributed by atoms with van der Waals surface area (Å²) in [5, 5.41) is 3.67. The van der Waals surface area contributed by atoms with E-state index in [1.54, 1.807) is 11.8 Å². The van der Waals surface area contributed by atoms with Crippen molar-refractivity contribution in [2.75, 3.05) is 12.3 Å². The van der Waals surface area contributed by atoms with Crippen molar-refractivity contribution < 1.29 is 4.79 Å². The first-order chi connectivity index (χ1) is 8.31. The topological polar surface area (TPSA) is 41.5 Å². The van der Waals surface area contributed by atoms with Crippen LogP contribution >= 0.6 is 11.8 Å². The molecule has 0 spiro atoms. The lowest BCUT2D eigenvalue weighted by molar-refractivity contribution is -0.121. The van der Waals surface area contributed by atoms with E-state index in [0.29, 0.717) is 0 Å². The van der Waals surface area contributed by atoms with Crippen molar-refractivity contribution in [1.29, 1.82) is 0 Å². The van der Waals surface area contributed by atoms with Crippen LogP contribution in [0.25, 0.3) is 0 Å². The van der Waals surface area contributed by atoms with Gasteiger partial charge in [-0.15, -0.1) is 0 Å². The second-order valence-corrected chi connectivity index (χ2v) is 4.98. The molecule has 17 heavy (non-hydrogen) atoms. The van der Waals surface area contributed by atoms with Crippen molar-refractivity contribution in [3.05, 3.63) is 35.9 Å². The van der Waals surface area contributed by atoms with Crippen LogP contribution < -0.4 is 5.32 Å². The quantitative estimate of drug-likeness (QED) is 0.892. The summed E-state index contributed by atoms with van der Waals surface area (Å²) in [6.07, 6.45) is 0.799. The zero-order valence-corrected chi connectivity index (χ0v) is 10.7. The van der Waals surface area contributed by atoms with Gasteiger partial charge in [-0.1, -0.05) is 49.0 Å². The van der Waals surface area contributed by atoms with Crippen LogP contribution in [0.3, 0.4) is 0 Å². The molecular weight excluding hydrogens is 232 g/mol. The van der Waals surface area contributed by atoms with E-state index in [9.17, 15) is 4.79 Å². The maximum absolute atomic E-state index is 12.1. The van der Waals surface area contributed by atoms with Crippen LogP contribution in [-0.4, -0.2) is 23.4 Å². The van der Waals surface area contributed by atoms with Gasteiger partial charge >= 0.3 is 0 Å². The number of aliphatic imine (C=N–C) groups is 1. The summed E-state index contributed by atoms with van der Waals surface area (Å²) in [6, 6.07) is 9.89. The lowest BCUT2D eigenvalue weighted by atomic mass is 9.96. The number of thioether (sulfide) groups is 1. The van der Waals surface area contributed by atoms with Gasteiger partial charge < -0.3 is 5.32 Å². The predicted octanol–water partition coefficient (Wildman–Crippen LogP) is 2.40.